The molecule has 1 amide bonds. The molecule has 0 unspecified atom stereocenters. The number of ether oxygens (including phenoxy) is 1. The van der Waals surface area contributed by atoms with Crippen molar-refractivity contribution in [1.82, 2.24) is 10.3 Å². The van der Waals surface area contributed by atoms with E-state index in [1.165, 1.54) is 24.4 Å². The van der Waals surface area contributed by atoms with E-state index in [1.807, 2.05) is 6.92 Å². The van der Waals surface area contributed by atoms with Crippen LogP contribution in [-0.4, -0.2) is 29.9 Å². The van der Waals surface area contributed by atoms with Gasteiger partial charge in [0, 0.05) is 42.7 Å². The van der Waals surface area contributed by atoms with Gasteiger partial charge in [0.15, 0.2) is 5.78 Å². The summed E-state index contributed by atoms with van der Waals surface area (Å²) in [7, 11) is 0. The molecule has 0 radical (unpaired) electrons. The monoisotopic (exact) mass is 497 g/mol. The molecular formula is C27H26F3N3O3. The number of anilines is 2. The maximum Gasteiger partial charge on any atom is 0.418 e. The maximum atomic E-state index is 13.2. The van der Waals surface area contributed by atoms with E-state index in [4.69, 9.17) is 4.74 Å². The number of rotatable bonds is 8. The first-order chi connectivity index (χ1) is 17.2. The second-order valence-electron chi connectivity index (χ2n) is 8.92. The highest BCUT2D eigenvalue weighted by Gasteiger charge is 2.44. The molecule has 3 aromatic rings. The normalized spacial score (nSPS) is 17.6. The molecule has 1 aliphatic rings. The van der Waals surface area contributed by atoms with Gasteiger partial charge < -0.3 is 15.4 Å². The molecular weight excluding hydrogens is 471 g/mol. The summed E-state index contributed by atoms with van der Waals surface area (Å²) in [6.07, 6.45) is -2.50. The Bertz CT molecular complexity index is 1220. The minimum absolute atomic E-state index is 0.0189. The Morgan fingerprint density at radius 2 is 1.81 bits per heavy atom. The second-order valence-corrected chi connectivity index (χ2v) is 8.92. The van der Waals surface area contributed by atoms with Crippen molar-refractivity contribution in [3.05, 3.63) is 89.2 Å². The molecule has 1 saturated heterocycles. The third kappa shape index (κ3) is 5.91. The van der Waals surface area contributed by atoms with E-state index in [2.05, 4.69) is 15.6 Å². The Hall–Kier alpha value is -3.72. The number of amides is 1. The fourth-order valence-electron chi connectivity index (χ4n) is 4.12. The predicted octanol–water partition coefficient (Wildman–Crippen LogP) is 5.45. The number of pyridine rings is 1. The number of ketones is 1. The SMILES string of the molecule is Cc1ccc(C(=O)C[C@@]2(C(=O)NCc3ccc(Nc4ccccc4C(F)(F)F)cc3)CCOC2)cn1. The molecule has 1 fully saturated rings. The van der Waals surface area contributed by atoms with E-state index in [1.54, 1.807) is 36.4 Å². The number of nitrogens with one attached hydrogen (secondary N) is 2. The molecule has 2 aromatic carbocycles. The number of Topliss-reactive ketones (excluding diaryl/α,β-unsaturated/α-hetero) is 1. The molecule has 1 aromatic heterocycles. The molecule has 0 saturated carbocycles. The molecule has 0 spiro atoms. The van der Waals surface area contributed by atoms with Gasteiger partial charge in [0.2, 0.25) is 5.91 Å². The van der Waals surface area contributed by atoms with Crippen molar-refractivity contribution < 1.29 is 27.5 Å². The number of hydrogen-bond donors (Lipinski definition) is 2. The van der Waals surface area contributed by atoms with Gasteiger partial charge in [0.1, 0.15) is 0 Å². The van der Waals surface area contributed by atoms with Crippen LogP contribution in [0.1, 0.15) is 40.0 Å². The van der Waals surface area contributed by atoms with Crippen LogP contribution in [0.2, 0.25) is 0 Å². The van der Waals surface area contributed by atoms with Crippen molar-refractivity contribution in [2.45, 2.75) is 32.5 Å². The lowest BCUT2D eigenvalue weighted by molar-refractivity contribution is -0.137. The third-order valence-corrected chi connectivity index (χ3v) is 6.24. The van der Waals surface area contributed by atoms with Gasteiger partial charge in [-0.2, -0.15) is 13.2 Å². The number of carbonyl (C=O) groups excluding carboxylic acids is 2. The Labute approximate surface area is 206 Å². The summed E-state index contributed by atoms with van der Waals surface area (Å²) < 4.78 is 45.2. The Balaban J connectivity index is 1.38. The average molecular weight is 498 g/mol. The summed E-state index contributed by atoms with van der Waals surface area (Å²) in [6.45, 7) is 2.59. The highest BCUT2D eigenvalue weighted by Crippen LogP contribution is 2.36. The fraction of sp³-hybridized carbons (Fsp3) is 0.296. The zero-order valence-corrected chi connectivity index (χ0v) is 19.7. The highest BCUT2D eigenvalue weighted by molar-refractivity contribution is 5.99. The van der Waals surface area contributed by atoms with Crippen LogP contribution in [0.3, 0.4) is 0 Å². The average Bonchev–Trinajstić information content (AvgIpc) is 3.33. The number of carbonyl (C=O) groups is 2. The lowest BCUT2D eigenvalue weighted by atomic mass is 9.80. The lowest BCUT2D eigenvalue weighted by Gasteiger charge is -2.25. The van der Waals surface area contributed by atoms with Crippen LogP contribution in [0.4, 0.5) is 24.5 Å². The number of aromatic nitrogens is 1. The van der Waals surface area contributed by atoms with Crippen LogP contribution in [0.25, 0.3) is 0 Å². The smallest absolute Gasteiger partial charge is 0.380 e. The molecule has 1 aliphatic heterocycles. The minimum Gasteiger partial charge on any atom is -0.380 e. The van der Waals surface area contributed by atoms with Gasteiger partial charge in [-0.3, -0.25) is 14.6 Å². The molecule has 4 rings (SSSR count). The summed E-state index contributed by atoms with van der Waals surface area (Å²) in [5.41, 5.74) is 0.763. The van der Waals surface area contributed by atoms with Gasteiger partial charge in [0.05, 0.1) is 23.3 Å². The number of nitrogens with zero attached hydrogens (tertiary/aromatic N) is 1. The molecule has 2 N–H and O–H groups in total. The lowest BCUT2D eigenvalue weighted by Crippen LogP contribution is -2.42. The van der Waals surface area contributed by atoms with E-state index in [0.29, 0.717) is 24.3 Å². The summed E-state index contributed by atoms with van der Waals surface area (Å²) in [5, 5.41) is 5.69. The van der Waals surface area contributed by atoms with Crippen molar-refractivity contribution in [3.8, 4) is 0 Å². The quantitative estimate of drug-likeness (QED) is 0.405. The first-order valence-corrected chi connectivity index (χ1v) is 11.5. The molecule has 36 heavy (non-hydrogen) atoms. The summed E-state index contributed by atoms with van der Waals surface area (Å²) >= 11 is 0. The molecule has 6 nitrogen and oxygen atoms in total. The molecule has 9 heteroatoms. The predicted molar refractivity (Wildman–Crippen MR) is 129 cm³/mol. The van der Waals surface area contributed by atoms with Crippen molar-refractivity contribution in [3.63, 3.8) is 0 Å². The standard InChI is InChI=1S/C27H26F3N3O3/c1-18-6-9-20(16-31-18)24(34)14-26(12-13-36-17-26)25(35)32-15-19-7-10-21(11-8-19)33-23-5-3-2-4-22(23)27(28,29)30/h2-11,16,33H,12-15,17H2,1H3,(H,32,35)/t26-/m0/s1. The van der Waals surface area contributed by atoms with Gasteiger partial charge in [-0.15, -0.1) is 0 Å². The molecule has 0 aliphatic carbocycles. The Morgan fingerprint density at radius 1 is 1.06 bits per heavy atom. The summed E-state index contributed by atoms with van der Waals surface area (Å²) in [6, 6.07) is 15.5. The second kappa shape index (κ2) is 10.5. The number of aryl methyl sites for hydroxylation is 1. The van der Waals surface area contributed by atoms with E-state index >= 15 is 0 Å². The first-order valence-electron chi connectivity index (χ1n) is 11.5. The topological polar surface area (TPSA) is 80.3 Å². The van der Waals surface area contributed by atoms with Crippen molar-refractivity contribution in [1.29, 1.82) is 0 Å². The van der Waals surface area contributed by atoms with Crippen LogP contribution >= 0.6 is 0 Å². The van der Waals surface area contributed by atoms with E-state index in [9.17, 15) is 22.8 Å². The zero-order chi connectivity index (χ0) is 25.8. The zero-order valence-electron chi connectivity index (χ0n) is 19.7. The van der Waals surface area contributed by atoms with Crippen LogP contribution in [0.15, 0.2) is 66.9 Å². The fourth-order valence-corrected chi connectivity index (χ4v) is 4.12. The maximum absolute atomic E-state index is 13.2. The molecule has 1 atom stereocenters. The number of benzene rings is 2. The minimum atomic E-state index is -4.47. The first kappa shape index (κ1) is 25.4. The van der Waals surface area contributed by atoms with Gasteiger partial charge in [0.25, 0.3) is 0 Å². The molecule has 0 bridgehead atoms. The number of halogens is 3. The van der Waals surface area contributed by atoms with E-state index in [0.717, 1.165) is 17.3 Å². The Morgan fingerprint density at radius 3 is 2.44 bits per heavy atom. The summed E-state index contributed by atoms with van der Waals surface area (Å²) in [5.74, 6) is -0.438. The van der Waals surface area contributed by atoms with Crippen molar-refractivity contribution >= 4 is 23.1 Å². The van der Waals surface area contributed by atoms with Crippen molar-refractivity contribution in [2.75, 3.05) is 18.5 Å². The number of para-hydroxylation sites is 1. The third-order valence-electron chi connectivity index (χ3n) is 6.24. The van der Waals surface area contributed by atoms with Crippen LogP contribution < -0.4 is 10.6 Å². The summed E-state index contributed by atoms with van der Waals surface area (Å²) in [4.78, 5) is 30.1. The van der Waals surface area contributed by atoms with Gasteiger partial charge in [-0.25, -0.2) is 0 Å². The number of hydrogen-bond acceptors (Lipinski definition) is 5. The molecule has 188 valence electrons. The van der Waals surface area contributed by atoms with Crippen LogP contribution in [-0.2, 0) is 22.3 Å². The van der Waals surface area contributed by atoms with Gasteiger partial charge in [-0.05, 0) is 55.3 Å². The van der Waals surface area contributed by atoms with Gasteiger partial charge >= 0.3 is 6.18 Å². The largest absolute Gasteiger partial charge is 0.418 e. The van der Waals surface area contributed by atoms with E-state index < -0.39 is 17.2 Å². The van der Waals surface area contributed by atoms with E-state index in [-0.39, 0.29) is 37.0 Å². The number of alkyl halides is 3. The molecule has 2 heterocycles. The Kier molecular flexibility index (Phi) is 7.40. The van der Waals surface area contributed by atoms with Crippen LogP contribution in [0.5, 0.6) is 0 Å². The van der Waals surface area contributed by atoms with Crippen LogP contribution in [0, 0.1) is 12.3 Å². The van der Waals surface area contributed by atoms with Gasteiger partial charge in [-0.1, -0.05) is 24.3 Å². The van der Waals surface area contributed by atoms with Crippen molar-refractivity contribution in [2.24, 2.45) is 5.41 Å². The highest BCUT2D eigenvalue weighted by atomic mass is 19.4.